The van der Waals surface area contributed by atoms with E-state index in [1.807, 2.05) is 43.5 Å². The number of aryl methyl sites for hydroxylation is 3. The van der Waals surface area contributed by atoms with Crippen molar-refractivity contribution in [3.8, 4) is 5.75 Å². The molecule has 0 fully saturated rings. The molecule has 3 aromatic rings. The molecular formula is C23H27ClN4O2S. The number of hydrogen-bond donors (Lipinski definition) is 1. The maximum atomic E-state index is 12.5. The number of nitrogens with one attached hydrogen (secondary N) is 1. The molecule has 0 atom stereocenters. The van der Waals surface area contributed by atoms with Crippen molar-refractivity contribution in [2.45, 2.75) is 52.4 Å². The Labute approximate surface area is 192 Å². The zero-order valence-electron chi connectivity index (χ0n) is 18.4. The average Bonchev–Trinajstić information content (AvgIpc) is 3.13. The second kappa shape index (κ2) is 10.2. The lowest BCUT2D eigenvalue weighted by Gasteiger charge is -2.15. The summed E-state index contributed by atoms with van der Waals surface area (Å²) in [6, 6.07) is 11.7. The van der Waals surface area contributed by atoms with Gasteiger partial charge in [-0.25, -0.2) is 0 Å². The van der Waals surface area contributed by atoms with Crippen LogP contribution in [0.25, 0.3) is 0 Å². The Hall–Kier alpha value is -2.51. The highest BCUT2D eigenvalue weighted by Crippen LogP contribution is 2.25. The molecule has 1 N–H and O–H groups in total. The number of carbonyl (C=O) groups is 1. The van der Waals surface area contributed by atoms with Crippen LogP contribution in [0.3, 0.4) is 0 Å². The van der Waals surface area contributed by atoms with Crippen LogP contribution in [0.4, 0.5) is 5.69 Å². The second-order valence-electron chi connectivity index (χ2n) is 7.72. The summed E-state index contributed by atoms with van der Waals surface area (Å²) < 4.78 is 8.02. The van der Waals surface area contributed by atoms with Crippen LogP contribution in [-0.2, 0) is 11.4 Å². The van der Waals surface area contributed by atoms with Crippen LogP contribution in [0.5, 0.6) is 5.75 Å². The number of amides is 1. The van der Waals surface area contributed by atoms with Gasteiger partial charge in [0.25, 0.3) is 0 Å². The Morgan fingerprint density at radius 2 is 1.87 bits per heavy atom. The first-order chi connectivity index (χ1) is 14.7. The molecule has 2 aromatic carbocycles. The topological polar surface area (TPSA) is 69.0 Å². The average molecular weight is 459 g/mol. The van der Waals surface area contributed by atoms with E-state index in [1.54, 1.807) is 12.1 Å². The first-order valence-electron chi connectivity index (χ1n) is 10.1. The van der Waals surface area contributed by atoms with E-state index in [-0.39, 0.29) is 17.7 Å². The SMILES string of the molecule is Cc1ccc(C)c(OCc2nnc(SCC(=O)Nc3cc(Cl)ccc3C)n2C(C)C)c1. The van der Waals surface area contributed by atoms with Gasteiger partial charge in [-0.15, -0.1) is 10.2 Å². The number of rotatable bonds is 8. The molecule has 0 radical (unpaired) electrons. The van der Waals surface area contributed by atoms with E-state index in [1.165, 1.54) is 11.8 Å². The summed E-state index contributed by atoms with van der Waals surface area (Å²) >= 11 is 7.38. The van der Waals surface area contributed by atoms with Gasteiger partial charge in [-0.2, -0.15) is 0 Å². The normalized spacial score (nSPS) is 11.1. The van der Waals surface area contributed by atoms with Crippen LogP contribution in [0, 0.1) is 20.8 Å². The standard InChI is InChI=1S/C23H27ClN4O2S/c1-14(2)28-21(12-30-20-10-15(3)6-7-17(20)5)26-27-23(28)31-13-22(29)25-19-11-18(24)9-8-16(19)4/h6-11,14H,12-13H2,1-5H3,(H,25,29). The third kappa shape index (κ3) is 6.02. The molecule has 0 bridgehead atoms. The molecule has 1 aromatic heterocycles. The van der Waals surface area contributed by atoms with Crippen LogP contribution in [0.1, 0.15) is 42.4 Å². The predicted molar refractivity (Wildman–Crippen MR) is 126 cm³/mol. The summed E-state index contributed by atoms with van der Waals surface area (Å²) in [5, 5.41) is 12.8. The molecule has 0 saturated carbocycles. The molecule has 31 heavy (non-hydrogen) atoms. The molecule has 8 heteroatoms. The maximum Gasteiger partial charge on any atom is 0.234 e. The number of carbonyl (C=O) groups excluding carboxylic acids is 1. The fraction of sp³-hybridized carbons (Fsp3) is 0.348. The molecule has 1 heterocycles. The predicted octanol–water partition coefficient (Wildman–Crippen LogP) is 5.75. The number of thioether (sulfide) groups is 1. The maximum absolute atomic E-state index is 12.5. The number of hydrogen-bond acceptors (Lipinski definition) is 5. The summed E-state index contributed by atoms with van der Waals surface area (Å²) in [5.41, 5.74) is 3.89. The molecule has 6 nitrogen and oxygen atoms in total. The number of aromatic nitrogens is 3. The van der Waals surface area contributed by atoms with E-state index in [0.717, 1.165) is 28.3 Å². The van der Waals surface area contributed by atoms with Crippen LogP contribution in [-0.4, -0.2) is 26.4 Å². The van der Waals surface area contributed by atoms with Crippen molar-refractivity contribution in [2.24, 2.45) is 0 Å². The van der Waals surface area contributed by atoms with Crippen molar-refractivity contribution in [1.29, 1.82) is 0 Å². The van der Waals surface area contributed by atoms with Crippen LogP contribution in [0.15, 0.2) is 41.6 Å². The number of ether oxygens (including phenoxy) is 1. The smallest absolute Gasteiger partial charge is 0.234 e. The third-order valence-corrected chi connectivity index (χ3v) is 5.94. The minimum absolute atomic E-state index is 0.123. The Morgan fingerprint density at radius 1 is 1.13 bits per heavy atom. The molecule has 0 aliphatic rings. The van der Waals surface area contributed by atoms with Gasteiger partial charge in [0.15, 0.2) is 11.0 Å². The van der Waals surface area contributed by atoms with E-state index in [4.69, 9.17) is 16.3 Å². The lowest BCUT2D eigenvalue weighted by Crippen LogP contribution is -2.16. The summed E-state index contributed by atoms with van der Waals surface area (Å²) in [4.78, 5) is 12.5. The number of halogens is 1. The third-order valence-electron chi connectivity index (χ3n) is 4.76. The highest BCUT2D eigenvalue weighted by molar-refractivity contribution is 7.99. The van der Waals surface area contributed by atoms with E-state index in [0.29, 0.717) is 22.5 Å². The lowest BCUT2D eigenvalue weighted by atomic mass is 10.1. The summed E-state index contributed by atoms with van der Waals surface area (Å²) in [6.07, 6.45) is 0. The first kappa shape index (κ1) is 23.2. The zero-order chi connectivity index (χ0) is 22.5. The largest absolute Gasteiger partial charge is 0.485 e. The first-order valence-corrected chi connectivity index (χ1v) is 11.4. The second-order valence-corrected chi connectivity index (χ2v) is 9.10. The molecule has 1 amide bonds. The monoisotopic (exact) mass is 458 g/mol. The van der Waals surface area contributed by atoms with Gasteiger partial charge in [0.2, 0.25) is 5.91 Å². The Morgan fingerprint density at radius 3 is 2.61 bits per heavy atom. The Bertz CT molecular complexity index is 1080. The van der Waals surface area contributed by atoms with E-state index >= 15 is 0 Å². The van der Waals surface area contributed by atoms with E-state index in [9.17, 15) is 4.79 Å². The zero-order valence-corrected chi connectivity index (χ0v) is 20.0. The van der Waals surface area contributed by atoms with Crippen molar-refractivity contribution < 1.29 is 9.53 Å². The van der Waals surface area contributed by atoms with Crippen molar-refractivity contribution in [1.82, 2.24) is 14.8 Å². The fourth-order valence-corrected chi connectivity index (χ4v) is 4.13. The highest BCUT2D eigenvalue weighted by Gasteiger charge is 2.17. The van der Waals surface area contributed by atoms with Crippen molar-refractivity contribution in [3.05, 3.63) is 63.9 Å². The number of anilines is 1. The van der Waals surface area contributed by atoms with Crippen molar-refractivity contribution in [3.63, 3.8) is 0 Å². The quantitative estimate of drug-likeness (QED) is 0.435. The minimum atomic E-state index is -0.123. The Kier molecular flexibility index (Phi) is 7.62. The Balaban J connectivity index is 1.66. The van der Waals surface area contributed by atoms with Gasteiger partial charge in [-0.05, 0) is 69.5 Å². The molecule has 0 aliphatic carbocycles. The molecular weight excluding hydrogens is 432 g/mol. The molecule has 0 unspecified atom stereocenters. The van der Waals surface area contributed by atoms with Crippen LogP contribution >= 0.6 is 23.4 Å². The van der Waals surface area contributed by atoms with Crippen LogP contribution in [0.2, 0.25) is 5.02 Å². The summed E-state index contributed by atoms with van der Waals surface area (Å²) in [5.74, 6) is 1.66. The van der Waals surface area contributed by atoms with E-state index in [2.05, 4.69) is 35.4 Å². The fourth-order valence-electron chi connectivity index (χ4n) is 3.07. The number of benzene rings is 2. The summed E-state index contributed by atoms with van der Waals surface area (Å²) in [6.45, 7) is 10.4. The molecule has 164 valence electrons. The van der Waals surface area contributed by atoms with Gasteiger partial charge in [-0.3, -0.25) is 4.79 Å². The van der Waals surface area contributed by atoms with Crippen molar-refractivity contribution in [2.75, 3.05) is 11.1 Å². The lowest BCUT2D eigenvalue weighted by molar-refractivity contribution is -0.113. The van der Waals surface area contributed by atoms with Gasteiger partial charge in [-0.1, -0.05) is 41.6 Å². The van der Waals surface area contributed by atoms with Crippen molar-refractivity contribution >= 4 is 35.0 Å². The van der Waals surface area contributed by atoms with Gasteiger partial charge >= 0.3 is 0 Å². The molecule has 0 aliphatic heterocycles. The van der Waals surface area contributed by atoms with E-state index < -0.39 is 0 Å². The number of nitrogens with zero attached hydrogens (tertiary/aromatic N) is 3. The van der Waals surface area contributed by atoms with Gasteiger partial charge in [0.1, 0.15) is 12.4 Å². The highest BCUT2D eigenvalue weighted by atomic mass is 35.5. The van der Waals surface area contributed by atoms with Gasteiger partial charge < -0.3 is 14.6 Å². The van der Waals surface area contributed by atoms with Gasteiger partial charge in [0.05, 0.1) is 5.75 Å². The molecule has 3 rings (SSSR count). The summed E-state index contributed by atoms with van der Waals surface area (Å²) in [7, 11) is 0. The molecule has 0 spiro atoms. The van der Waals surface area contributed by atoms with Gasteiger partial charge in [0, 0.05) is 16.8 Å². The van der Waals surface area contributed by atoms with Crippen LogP contribution < -0.4 is 10.1 Å². The molecule has 0 saturated heterocycles. The minimum Gasteiger partial charge on any atom is -0.485 e.